The Labute approximate surface area is 226 Å². The van der Waals surface area contributed by atoms with Crippen LogP contribution in [0, 0.1) is 18.2 Å². The predicted molar refractivity (Wildman–Crippen MR) is 149 cm³/mol. The third-order valence-electron chi connectivity index (χ3n) is 7.61. The van der Waals surface area contributed by atoms with Gasteiger partial charge in [-0.1, -0.05) is 58.9 Å². The summed E-state index contributed by atoms with van der Waals surface area (Å²) in [7, 11) is 0. The number of benzene rings is 2. The number of hydrogen-bond donors (Lipinski definition) is 1. The molecule has 1 N–H and O–H groups in total. The second-order valence-electron chi connectivity index (χ2n) is 11.0. The number of aliphatic hydroxyl groups excluding tert-OH is 1. The lowest BCUT2D eigenvalue weighted by atomic mass is 9.72. The van der Waals surface area contributed by atoms with Gasteiger partial charge in [0.05, 0.1) is 6.10 Å². The van der Waals surface area contributed by atoms with Crippen LogP contribution in [0.1, 0.15) is 87.3 Å². The topological polar surface area (TPSA) is 60.7 Å². The molecule has 0 aliphatic heterocycles. The van der Waals surface area contributed by atoms with Gasteiger partial charge in [-0.05, 0) is 79.1 Å². The van der Waals surface area contributed by atoms with Gasteiger partial charge in [-0.2, -0.15) is 0 Å². The first-order valence-electron chi connectivity index (χ1n) is 13.5. The molecule has 0 aliphatic carbocycles. The monoisotopic (exact) mass is 523 g/mol. The number of carbonyl (C=O) groups excluding carboxylic acids is 1. The molecule has 0 fully saturated rings. The summed E-state index contributed by atoms with van der Waals surface area (Å²) in [5, 5.41) is 10.4. The number of aryl methyl sites for hydroxylation is 1. The number of ether oxygens (including phenoxy) is 2. The normalized spacial score (nSPS) is 12.9. The zero-order chi connectivity index (χ0) is 28.1. The van der Waals surface area contributed by atoms with Crippen molar-refractivity contribution < 1.29 is 23.8 Å². The highest BCUT2D eigenvalue weighted by Crippen LogP contribution is 2.41. The zero-order valence-electron chi connectivity index (χ0n) is 23.8. The van der Waals surface area contributed by atoms with E-state index in [-0.39, 0.29) is 29.9 Å². The molecule has 0 bridgehead atoms. The van der Waals surface area contributed by atoms with Crippen LogP contribution >= 0.6 is 0 Å². The Bertz CT molecular complexity index is 1220. The van der Waals surface area contributed by atoms with E-state index in [1.54, 1.807) is 12.1 Å². The molecule has 0 saturated heterocycles. The summed E-state index contributed by atoms with van der Waals surface area (Å²) in [5.74, 6) is 0.0346. The Morgan fingerprint density at radius 1 is 1.00 bits per heavy atom. The summed E-state index contributed by atoms with van der Waals surface area (Å²) in [6.45, 7) is 15.3. The molecule has 3 aromatic rings. The van der Waals surface area contributed by atoms with Crippen LogP contribution in [0.2, 0.25) is 0 Å². The maximum atomic E-state index is 13.2. The maximum absolute atomic E-state index is 13.2. The maximum Gasteiger partial charge on any atom is 0.355 e. The minimum Gasteiger partial charge on any atom is -0.491 e. The van der Waals surface area contributed by atoms with Crippen molar-refractivity contribution in [3.63, 3.8) is 0 Å². The number of aromatic nitrogens is 1. The van der Waals surface area contributed by atoms with Crippen molar-refractivity contribution in [2.45, 2.75) is 86.0 Å². The van der Waals surface area contributed by atoms with E-state index in [4.69, 9.17) is 9.47 Å². The first-order valence-corrected chi connectivity index (χ1v) is 13.5. The molecule has 0 aliphatic rings. The van der Waals surface area contributed by atoms with E-state index < -0.39 is 12.1 Å². The molecule has 6 heteroatoms. The van der Waals surface area contributed by atoms with Gasteiger partial charge in [-0.25, -0.2) is 9.18 Å². The van der Waals surface area contributed by atoms with Crippen molar-refractivity contribution in [3.05, 3.63) is 88.5 Å². The third-order valence-corrected chi connectivity index (χ3v) is 7.61. The van der Waals surface area contributed by atoms with Crippen molar-refractivity contribution in [3.8, 4) is 5.75 Å². The van der Waals surface area contributed by atoms with Crippen LogP contribution in [-0.4, -0.2) is 28.4 Å². The highest BCUT2D eigenvalue weighted by molar-refractivity contribution is 5.88. The average Bonchev–Trinajstić information content (AvgIpc) is 3.32. The fraction of sp³-hybridized carbons (Fsp3) is 0.469. The Morgan fingerprint density at radius 3 is 2.21 bits per heavy atom. The minimum atomic E-state index is -0.569. The molecular formula is C32H42FNO4. The second kappa shape index (κ2) is 12.2. The summed E-state index contributed by atoms with van der Waals surface area (Å²) in [4.78, 5) is 13.1. The lowest BCUT2D eigenvalue weighted by Crippen LogP contribution is -2.32. The molecule has 38 heavy (non-hydrogen) atoms. The number of aliphatic hydroxyl groups is 1. The molecule has 0 radical (unpaired) electrons. The molecule has 2 aromatic carbocycles. The van der Waals surface area contributed by atoms with Crippen LogP contribution in [0.25, 0.3) is 0 Å². The van der Waals surface area contributed by atoms with Gasteiger partial charge in [0.2, 0.25) is 0 Å². The third kappa shape index (κ3) is 6.29. The zero-order valence-corrected chi connectivity index (χ0v) is 23.8. The number of carbonyl (C=O) groups is 1. The Hall–Kier alpha value is -3.12. The van der Waals surface area contributed by atoms with Gasteiger partial charge in [0.1, 0.15) is 30.5 Å². The smallest absolute Gasteiger partial charge is 0.355 e. The van der Waals surface area contributed by atoms with Crippen LogP contribution < -0.4 is 4.74 Å². The van der Waals surface area contributed by atoms with Gasteiger partial charge in [0, 0.05) is 17.7 Å². The fourth-order valence-electron chi connectivity index (χ4n) is 4.90. The Balaban J connectivity index is 1.88. The first kappa shape index (κ1) is 29.4. The van der Waals surface area contributed by atoms with Crippen molar-refractivity contribution in [1.29, 1.82) is 0 Å². The van der Waals surface area contributed by atoms with E-state index in [9.17, 15) is 14.3 Å². The summed E-state index contributed by atoms with van der Waals surface area (Å²) in [6.07, 6.45) is 1.13. The van der Waals surface area contributed by atoms with Gasteiger partial charge in [0.15, 0.2) is 0 Å². The van der Waals surface area contributed by atoms with E-state index in [1.165, 1.54) is 12.1 Å². The van der Waals surface area contributed by atoms with Crippen LogP contribution in [0.3, 0.4) is 0 Å². The number of halogens is 1. The highest BCUT2D eigenvalue weighted by Gasteiger charge is 2.35. The van der Waals surface area contributed by atoms with Crippen LogP contribution in [0.4, 0.5) is 4.39 Å². The summed E-state index contributed by atoms with van der Waals surface area (Å²) in [5.41, 5.74) is 3.90. The van der Waals surface area contributed by atoms with Crippen molar-refractivity contribution in [2.24, 2.45) is 5.41 Å². The molecule has 0 spiro atoms. The average molecular weight is 524 g/mol. The molecule has 1 unspecified atom stereocenters. The quantitative estimate of drug-likeness (QED) is 0.270. The number of hydrogen-bond acceptors (Lipinski definition) is 4. The number of rotatable bonds is 11. The van der Waals surface area contributed by atoms with Crippen molar-refractivity contribution in [2.75, 3.05) is 6.61 Å². The molecule has 1 aromatic heterocycles. The predicted octanol–water partition coefficient (Wildman–Crippen LogP) is 7.20. The molecule has 5 nitrogen and oxygen atoms in total. The number of esters is 1. The SMILES string of the molecule is CCn1c(C(=O)OCc2ccc(F)cc2)ccc1C(CC)(CC)c1ccc(OCC(O)C(C)(C)C)c(C)c1. The van der Waals surface area contributed by atoms with Gasteiger partial charge in [-0.15, -0.1) is 0 Å². The van der Waals surface area contributed by atoms with Crippen LogP contribution in [0.5, 0.6) is 5.75 Å². The lowest BCUT2D eigenvalue weighted by Gasteiger charge is -2.34. The standard InChI is InChI=1S/C32H42FNO4/c1-8-32(9-2,24-13-17-27(22(4)19-24)37-21-29(35)31(5,6)7)28-18-16-26(34(28)10-3)30(36)38-20-23-11-14-25(33)15-12-23/h11-19,29,35H,8-10,20-21H2,1-7H3. The largest absolute Gasteiger partial charge is 0.491 e. The molecule has 0 saturated carbocycles. The summed E-state index contributed by atoms with van der Waals surface area (Å²) in [6, 6.07) is 16.1. The second-order valence-corrected chi connectivity index (χ2v) is 11.0. The first-order chi connectivity index (χ1) is 18.0. The Morgan fingerprint density at radius 2 is 1.66 bits per heavy atom. The summed E-state index contributed by atoms with van der Waals surface area (Å²) >= 11 is 0. The van der Waals surface area contributed by atoms with Crippen LogP contribution in [0.15, 0.2) is 54.6 Å². The lowest BCUT2D eigenvalue weighted by molar-refractivity contribution is 0.0216. The van der Waals surface area contributed by atoms with Crippen molar-refractivity contribution >= 4 is 5.97 Å². The van der Waals surface area contributed by atoms with E-state index in [2.05, 4.69) is 26.0 Å². The van der Waals surface area contributed by atoms with E-state index in [1.807, 2.05) is 57.4 Å². The van der Waals surface area contributed by atoms with E-state index in [0.717, 1.165) is 41.0 Å². The fourth-order valence-corrected chi connectivity index (χ4v) is 4.90. The molecule has 3 rings (SSSR count). The Kier molecular flexibility index (Phi) is 9.42. The molecule has 1 atom stereocenters. The molecule has 1 heterocycles. The minimum absolute atomic E-state index is 0.0839. The van der Waals surface area contributed by atoms with E-state index in [0.29, 0.717) is 12.2 Å². The number of nitrogens with zero attached hydrogens (tertiary/aromatic N) is 1. The summed E-state index contributed by atoms with van der Waals surface area (Å²) < 4.78 is 26.8. The molecule has 0 amide bonds. The van der Waals surface area contributed by atoms with Crippen molar-refractivity contribution in [1.82, 2.24) is 4.57 Å². The van der Waals surface area contributed by atoms with Gasteiger partial charge >= 0.3 is 5.97 Å². The van der Waals surface area contributed by atoms with Crippen LogP contribution in [-0.2, 0) is 23.3 Å². The van der Waals surface area contributed by atoms with Gasteiger partial charge < -0.3 is 19.1 Å². The van der Waals surface area contributed by atoms with E-state index >= 15 is 0 Å². The highest BCUT2D eigenvalue weighted by atomic mass is 19.1. The molecular weight excluding hydrogens is 481 g/mol. The van der Waals surface area contributed by atoms with Gasteiger partial charge in [-0.3, -0.25) is 0 Å². The van der Waals surface area contributed by atoms with Gasteiger partial charge in [0.25, 0.3) is 0 Å². The molecule has 206 valence electrons.